The summed E-state index contributed by atoms with van der Waals surface area (Å²) in [7, 11) is 0. The van der Waals surface area contributed by atoms with E-state index in [4.69, 9.17) is 0 Å². The van der Waals surface area contributed by atoms with Crippen LogP contribution in [0.25, 0.3) is 0 Å². The predicted molar refractivity (Wildman–Crippen MR) is 55.7 cm³/mol. The second-order valence-electron chi connectivity index (χ2n) is 3.66. The van der Waals surface area contributed by atoms with Gasteiger partial charge in [-0.15, -0.1) is 11.8 Å². The largest absolute Gasteiger partial charge is 0.347 e. The molecule has 13 heavy (non-hydrogen) atoms. The summed E-state index contributed by atoms with van der Waals surface area (Å²) in [6.45, 7) is 7.07. The highest BCUT2D eigenvalue weighted by atomic mass is 32.2. The lowest BCUT2D eigenvalue weighted by molar-refractivity contribution is -0.118. The molecule has 0 radical (unpaired) electrons. The van der Waals surface area contributed by atoms with Gasteiger partial charge >= 0.3 is 0 Å². The molecule has 1 amide bonds. The molecule has 0 aliphatic rings. The quantitative estimate of drug-likeness (QED) is 0.690. The van der Waals surface area contributed by atoms with Crippen LogP contribution in [0.15, 0.2) is 0 Å². The molecule has 0 aromatic carbocycles. The van der Waals surface area contributed by atoms with E-state index in [-0.39, 0.29) is 16.4 Å². The lowest BCUT2D eigenvalue weighted by Gasteiger charge is -2.22. The van der Waals surface area contributed by atoms with Gasteiger partial charge in [-0.2, -0.15) is 0 Å². The van der Waals surface area contributed by atoms with E-state index in [0.717, 1.165) is 0 Å². The third kappa shape index (κ3) is 7.84. The van der Waals surface area contributed by atoms with Gasteiger partial charge in [0.1, 0.15) is 5.78 Å². The number of rotatable bonds is 5. The summed E-state index contributed by atoms with van der Waals surface area (Å²) in [5, 5.41) is 2.69. The van der Waals surface area contributed by atoms with E-state index in [2.05, 4.69) is 5.32 Å². The summed E-state index contributed by atoms with van der Waals surface area (Å²) in [6, 6.07) is 0. The van der Waals surface area contributed by atoms with Gasteiger partial charge in [-0.25, -0.2) is 0 Å². The Morgan fingerprint density at radius 2 is 1.85 bits per heavy atom. The second kappa shape index (κ2) is 5.27. The number of nitrogens with one attached hydrogen (secondary N) is 1. The molecule has 0 aliphatic heterocycles. The summed E-state index contributed by atoms with van der Waals surface area (Å²) >= 11 is 1.58. The monoisotopic (exact) mass is 203 g/mol. The number of amides is 1. The Balaban J connectivity index is 3.75. The first-order chi connectivity index (χ1) is 5.83. The van der Waals surface area contributed by atoms with Gasteiger partial charge in [-0.3, -0.25) is 9.59 Å². The SMILES string of the molecule is CC(=O)CC(C)(C)SCNC(C)=O. The third-order valence-corrected chi connectivity index (χ3v) is 2.67. The van der Waals surface area contributed by atoms with Crippen LogP contribution in [0.2, 0.25) is 0 Å². The van der Waals surface area contributed by atoms with Crippen LogP contribution in [0.5, 0.6) is 0 Å². The first-order valence-electron chi connectivity index (χ1n) is 4.21. The van der Waals surface area contributed by atoms with E-state index in [0.29, 0.717) is 12.3 Å². The molecule has 3 nitrogen and oxygen atoms in total. The van der Waals surface area contributed by atoms with Gasteiger partial charge in [0, 0.05) is 18.1 Å². The minimum atomic E-state index is -0.0890. The first kappa shape index (κ1) is 12.5. The van der Waals surface area contributed by atoms with E-state index < -0.39 is 0 Å². The average Bonchev–Trinajstić information content (AvgIpc) is 1.81. The molecule has 0 unspecified atom stereocenters. The maximum Gasteiger partial charge on any atom is 0.217 e. The van der Waals surface area contributed by atoms with E-state index >= 15 is 0 Å². The Kier molecular flexibility index (Phi) is 5.06. The maximum atomic E-state index is 10.9. The van der Waals surface area contributed by atoms with Gasteiger partial charge in [0.15, 0.2) is 0 Å². The molecule has 0 aliphatic carbocycles. The molecule has 76 valence electrons. The van der Waals surface area contributed by atoms with E-state index in [9.17, 15) is 9.59 Å². The van der Waals surface area contributed by atoms with Crippen LogP contribution in [0.4, 0.5) is 0 Å². The Morgan fingerprint density at radius 3 is 2.23 bits per heavy atom. The number of thioether (sulfide) groups is 1. The molecule has 0 saturated heterocycles. The molecule has 0 fully saturated rings. The van der Waals surface area contributed by atoms with Crippen LogP contribution in [0.1, 0.15) is 34.1 Å². The number of carbonyl (C=O) groups is 2. The fraction of sp³-hybridized carbons (Fsp3) is 0.778. The Hall–Kier alpha value is -0.510. The molecule has 0 saturated carbocycles. The van der Waals surface area contributed by atoms with Crippen molar-refractivity contribution in [2.24, 2.45) is 0 Å². The molecule has 0 aromatic heterocycles. The fourth-order valence-electron chi connectivity index (χ4n) is 0.984. The topological polar surface area (TPSA) is 46.2 Å². The van der Waals surface area contributed by atoms with Crippen LogP contribution < -0.4 is 5.32 Å². The van der Waals surface area contributed by atoms with E-state index in [1.54, 1.807) is 18.7 Å². The van der Waals surface area contributed by atoms with E-state index in [1.807, 2.05) is 13.8 Å². The molecule has 0 bridgehead atoms. The van der Waals surface area contributed by atoms with Crippen LogP contribution in [-0.2, 0) is 9.59 Å². The number of Topliss-reactive ketones (excluding diaryl/α,β-unsaturated/α-hetero) is 1. The molecule has 0 spiro atoms. The number of hydrogen-bond donors (Lipinski definition) is 1. The van der Waals surface area contributed by atoms with Crippen LogP contribution in [-0.4, -0.2) is 22.3 Å². The highest BCUT2D eigenvalue weighted by Crippen LogP contribution is 2.27. The van der Waals surface area contributed by atoms with Crippen LogP contribution in [0.3, 0.4) is 0 Å². The van der Waals surface area contributed by atoms with Crippen molar-refractivity contribution in [3.05, 3.63) is 0 Å². The first-order valence-corrected chi connectivity index (χ1v) is 5.20. The van der Waals surface area contributed by atoms with Gasteiger partial charge in [-0.1, -0.05) is 13.8 Å². The molecule has 1 N–H and O–H groups in total. The summed E-state index contributed by atoms with van der Waals surface area (Å²) in [4.78, 5) is 21.4. The summed E-state index contributed by atoms with van der Waals surface area (Å²) in [5.74, 6) is 0.710. The maximum absolute atomic E-state index is 10.9. The van der Waals surface area contributed by atoms with Crippen molar-refractivity contribution < 1.29 is 9.59 Å². The van der Waals surface area contributed by atoms with Crippen molar-refractivity contribution in [1.29, 1.82) is 0 Å². The van der Waals surface area contributed by atoms with Crippen molar-refractivity contribution in [2.45, 2.75) is 38.9 Å². The minimum Gasteiger partial charge on any atom is -0.347 e. The third-order valence-electron chi connectivity index (χ3n) is 1.46. The molecule has 0 rings (SSSR count). The number of ketones is 1. The Labute approximate surface area is 83.7 Å². The molecular weight excluding hydrogens is 186 g/mol. The second-order valence-corrected chi connectivity index (χ2v) is 5.34. The molecule has 4 heteroatoms. The molecular formula is C9H17NO2S. The van der Waals surface area contributed by atoms with Crippen molar-refractivity contribution in [2.75, 3.05) is 5.88 Å². The summed E-state index contributed by atoms with van der Waals surface area (Å²) in [6.07, 6.45) is 0.539. The minimum absolute atomic E-state index is 0.0360. The van der Waals surface area contributed by atoms with Gasteiger partial charge < -0.3 is 5.32 Å². The average molecular weight is 203 g/mol. The van der Waals surface area contributed by atoms with Gasteiger partial charge in [0.2, 0.25) is 5.91 Å². The van der Waals surface area contributed by atoms with E-state index in [1.165, 1.54) is 6.92 Å². The smallest absolute Gasteiger partial charge is 0.217 e. The molecule has 0 atom stereocenters. The summed E-state index contributed by atoms with van der Waals surface area (Å²) < 4.78 is -0.0890. The lowest BCUT2D eigenvalue weighted by Crippen LogP contribution is -2.26. The van der Waals surface area contributed by atoms with Crippen molar-refractivity contribution in [1.82, 2.24) is 5.32 Å². The van der Waals surface area contributed by atoms with Crippen LogP contribution in [0, 0.1) is 0 Å². The molecule has 0 heterocycles. The number of hydrogen-bond acceptors (Lipinski definition) is 3. The van der Waals surface area contributed by atoms with Gasteiger partial charge in [0.05, 0.1) is 5.88 Å². The standard InChI is InChI=1S/C9H17NO2S/c1-7(11)5-9(3,4)13-6-10-8(2)12/h5-6H2,1-4H3,(H,10,12). The van der Waals surface area contributed by atoms with Crippen molar-refractivity contribution >= 4 is 23.5 Å². The summed E-state index contributed by atoms with van der Waals surface area (Å²) in [5.41, 5.74) is 0. The lowest BCUT2D eigenvalue weighted by atomic mass is 10.1. The fourth-order valence-corrected chi connectivity index (χ4v) is 1.96. The van der Waals surface area contributed by atoms with Gasteiger partial charge in [0.25, 0.3) is 0 Å². The Bertz CT molecular complexity index is 202. The normalized spacial score (nSPS) is 11.1. The zero-order valence-electron chi connectivity index (χ0n) is 8.64. The van der Waals surface area contributed by atoms with Crippen LogP contribution >= 0.6 is 11.8 Å². The number of carbonyl (C=O) groups excluding carboxylic acids is 2. The highest BCUT2D eigenvalue weighted by molar-refractivity contribution is 8.00. The zero-order chi connectivity index (χ0) is 10.5. The highest BCUT2D eigenvalue weighted by Gasteiger charge is 2.20. The Morgan fingerprint density at radius 1 is 1.31 bits per heavy atom. The van der Waals surface area contributed by atoms with Gasteiger partial charge in [-0.05, 0) is 6.92 Å². The van der Waals surface area contributed by atoms with Crippen molar-refractivity contribution in [3.8, 4) is 0 Å². The van der Waals surface area contributed by atoms with Crippen molar-refractivity contribution in [3.63, 3.8) is 0 Å². The predicted octanol–water partition coefficient (Wildman–Crippen LogP) is 1.57. The zero-order valence-corrected chi connectivity index (χ0v) is 9.46. The molecule has 0 aromatic rings.